The van der Waals surface area contributed by atoms with Crippen LogP contribution in [0, 0.1) is 17.3 Å². The normalized spacial score (nSPS) is 35.2. The first-order chi connectivity index (χ1) is 8.95. The lowest BCUT2D eigenvalue weighted by atomic mass is 9.75. The Morgan fingerprint density at radius 2 is 1.95 bits per heavy atom. The maximum atomic E-state index is 12.7. The van der Waals surface area contributed by atoms with Crippen LogP contribution in [0.2, 0.25) is 0 Å². The minimum absolute atomic E-state index is 0.228. The Bertz CT molecular complexity index is 321. The second kappa shape index (κ2) is 5.82. The summed E-state index contributed by atoms with van der Waals surface area (Å²) >= 11 is 0. The van der Waals surface area contributed by atoms with Gasteiger partial charge < -0.3 is 10.6 Å². The Kier molecular flexibility index (Phi) is 4.54. The van der Waals surface area contributed by atoms with Gasteiger partial charge in [0.2, 0.25) is 5.91 Å². The van der Waals surface area contributed by atoms with Crippen LogP contribution in [0.1, 0.15) is 59.3 Å². The molecule has 1 aliphatic carbocycles. The molecule has 3 atom stereocenters. The van der Waals surface area contributed by atoms with Crippen molar-refractivity contribution in [1.29, 1.82) is 0 Å². The van der Waals surface area contributed by atoms with Gasteiger partial charge in [-0.25, -0.2) is 0 Å². The average Bonchev–Trinajstić information content (AvgIpc) is 2.39. The Balaban J connectivity index is 1.91. The minimum Gasteiger partial charge on any atom is -0.342 e. The fourth-order valence-corrected chi connectivity index (χ4v) is 3.66. The smallest absolute Gasteiger partial charge is 0.225 e. The summed E-state index contributed by atoms with van der Waals surface area (Å²) in [6.45, 7) is 8.73. The van der Waals surface area contributed by atoms with Crippen molar-refractivity contribution >= 4 is 5.91 Å². The molecule has 1 saturated heterocycles. The molecule has 1 saturated carbocycles. The van der Waals surface area contributed by atoms with Gasteiger partial charge in [0.15, 0.2) is 0 Å². The molecule has 1 amide bonds. The maximum absolute atomic E-state index is 12.7. The van der Waals surface area contributed by atoms with Crippen molar-refractivity contribution in [2.24, 2.45) is 23.0 Å². The Labute approximate surface area is 117 Å². The molecule has 2 fully saturated rings. The first-order valence-electron chi connectivity index (χ1n) is 7.99. The van der Waals surface area contributed by atoms with Gasteiger partial charge in [0.05, 0.1) is 0 Å². The predicted molar refractivity (Wildman–Crippen MR) is 78.7 cm³/mol. The highest BCUT2D eigenvalue weighted by atomic mass is 16.2. The van der Waals surface area contributed by atoms with Crippen LogP contribution in [0.5, 0.6) is 0 Å². The summed E-state index contributed by atoms with van der Waals surface area (Å²) in [5.41, 5.74) is 6.45. The molecule has 3 heteroatoms. The zero-order valence-electron chi connectivity index (χ0n) is 12.8. The van der Waals surface area contributed by atoms with Gasteiger partial charge in [-0.05, 0) is 43.4 Å². The van der Waals surface area contributed by atoms with Gasteiger partial charge in [0.1, 0.15) is 0 Å². The van der Waals surface area contributed by atoms with Gasteiger partial charge in [-0.1, -0.05) is 27.2 Å². The van der Waals surface area contributed by atoms with Gasteiger partial charge in [-0.15, -0.1) is 0 Å². The number of nitrogens with two attached hydrogens (primary N) is 1. The first kappa shape index (κ1) is 14.8. The molecule has 0 aromatic rings. The molecular weight excluding hydrogens is 236 g/mol. The van der Waals surface area contributed by atoms with E-state index >= 15 is 0 Å². The second-order valence-corrected chi connectivity index (χ2v) is 7.15. The quantitative estimate of drug-likeness (QED) is 0.835. The van der Waals surface area contributed by atoms with E-state index in [2.05, 4.69) is 25.7 Å². The highest BCUT2D eigenvalue weighted by molar-refractivity contribution is 5.79. The summed E-state index contributed by atoms with van der Waals surface area (Å²) in [6, 6.07) is 0.309. The number of hydrogen-bond acceptors (Lipinski definition) is 2. The minimum atomic E-state index is 0.228. The van der Waals surface area contributed by atoms with Crippen LogP contribution in [0.3, 0.4) is 0 Å². The number of likely N-dealkylation sites (tertiary alicyclic amines) is 1. The Morgan fingerprint density at radius 3 is 2.47 bits per heavy atom. The molecule has 3 unspecified atom stereocenters. The third-order valence-electron chi connectivity index (χ3n) is 5.66. The molecule has 0 radical (unpaired) electrons. The zero-order valence-corrected chi connectivity index (χ0v) is 12.8. The molecule has 2 N–H and O–H groups in total. The van der Waals surface area contributed by atoms with Crippen LogP contribution in [0.25, 0.3) is 0 Å². The number of rotatable bonds is 2. The molecule has 2 rings (SSSR count). The largest absolute Gasteiger partial charge is 0.342 e. The number of carbonyl (C=O) groups excluding carboxylic acids is 1. The fourth-order valence-electron chi connectivity index (χ4n) is 3.66. The Morgan fingerprint density at radius 1 is 1.32 bits per heavy atom. The van der Waals surface area contributed by atoms with Crippen molar-refractivity contribution in [2.75, 3.05) is 13.1 Å². The van der Waals surface area contributed by atoms with E-state index in [1.807, 2.05) is 0 Å². The lowest BCUT2D eigenvalue weighted by Gasteiger charge is -2.42. The van der Waals surface area contributed by atoms with E-state index in [0.717, 1.165) is 45.2 Å². The number of nitrogens with zero attached hydrogens (tertiary/aromatic N) is 1. The van der Waals surface area contributed by atoms with Crippen molar-refractivity contribution < 1.29 is 4.79 Å². The van der Waals surface area contributed by atoms with E-state index < -0.39 is 0 Å². The summed E-state index contributed by atoms with van der Waals surface area (Å²) in [7, 11) is 0. The van der Waals surface area contributed by atoms with Crippen LogP contribution < -0.4 is 5.73 Å². The summed E-state index contributed by atoms with van der Waals surface area (Å²) in [4.78, 5) is 14.8. The summed E-state index contributed by atoms with van der Waals surface area (Å²) in [6.07, 6.45) is 6.57. The average molecular weight is 266 g/mol. The second-order valence-electron chi connectivity index (χ2n) is 7.15. The van der Waals surface area contributed by atoms with E-state index in [4.69, 9.17) is 5.73 Å². The SMILES string of the molecule is CCC1(C)CCN(C(=O)C2CCC(N)CC2C)CC1. The molecule has 0 bridgehead atoms. The van der Waals surface area contributed by atoms with Crippen molar-refractivity contribution in [3.8, 4) is 0 Å². The first-order valence-corrected chi connectivity index (χ1v) is 7.99. The fraction of sp³-hybridized carbons (Fsp3) is 0.938. The van der Waals surface area contributed by atoms with Crippen LogP contribution >= 0.6 is 0 Å². The highest BCUT2D eigenvalue weighted by Gasteiger charge is 2.36. The molecule has 1 heterocycles. The molecule has 0 spiro atoms. The maximum Gasteiger partial charge on any atom is 0.225 e. The molecular formula is C16H30N2O. The van der Waals surface area contributed by atoms with E-state index in [9.17, 15) is 4.79 Å². The summed E-state index contributed by atoms with van der Waals surface area (Å²) in [5.74, 6) is 1.08. The molecule has 0 aromatic carbocycles. The monoisotopic (exact) mass is 266 g/mol. The van der Waals surface area contributed by atoms with Crippen molar-refractivity contribution in [2.45, 2.75) is 65.3 Å². The van der Waals surface area contributed by atoms with Crippen LogP contribution in [0.4, 0.5) is 0 Å². The van der Waals surface area contributed by atoms with Crippen LogP contribution in [-0.2, 0) is 4.79 Å². The van der Waals surface area contributed by atoms with E-state index in [0.29, 0.717) is 23.3 Å². The standard InChI is InChI=1S/C16H30N2O/c1-4-16(3)7-9-18(10-8-16)15(19)14-6-5-13(17)11-12(14)2/h12-14H,4-11,17H2,1-3H3. The van der Waals surface area contributed by atoms with E-state index in [-0.39, 0.29) is 5.92 Å². The number of carbonyl (C=O) groups is 1. The third-order valence-corrected chi connectivity index (χ3v) is 5.66. The van der Waals surface area contributed by atoms with Gasteiger partial charge in [0.25, 0.3) is 0 Å². The molecule has 0 aromatic heterocycles. The van der Waals surface area contributed by atoms with Gasteiger partial charge in [0, 0.05) is 25.0 Å². The van der Waals surface area contributed by atoms with Crippen molar-refractivity contribution in [1.82, 2.24) is 4.90 Å². The number of amides is 1. The molecule has 19 heavy (non-hydrogen) atoms. The molecule has 2 aliphatic rings. The zero-order chi connectivity index (χ0) is 14.0. The molecule has 1 aliphatic heterocycles. The number of piperidine rings is 1. The van der Waals surface area contributed by atoms with E-state index in [1.54, 1.807) is 0 Å². The topological polar surface area (TPSA) is 46.3 Å². The Hall–Kier alpha value is -0.570. The van der Waals surface area contributed by atoms with Crippen LogP contribution in [0.15, 0.2) is 0 Å². The van der Waals surface area contributed by atoms with Crippen molar-refractivity contribution in [3.05, 3.63) is 0 Å². The van der Waals surface area contributed by atoms with Gasteiger partial charge >= 0.3 is 0 Å². The molecule has 3 nitrogen and oxygen atoms in total. The van der Waals surface area contributed by atoms with Crippen LogP contribution in [-0.4, -0.2) is 29.9 Å². The van der Waals surface area contributed by atoms with E-state index in [1.165, 1.54) is 6.42 Å². The van der Waals surface area contributed by atoms with Gasteiger partial charge in [-0.2, -0.15) is 0 Å². The predicted octanol–water partition coefficient (Wildman–Crippen LogP) is 2.79. The van der Waals surface area contributed by atoms with Crippen molar-refractivity contribution in [3.63, 3.8) is 0 Å². The summed E-state index contributed by atoms with van der Waals surface area (Å²) < 4.78 is 0. The third kappa shape index (κ3) is 3.31. The highest BCUT2D eigenvalue weighted by Crippen LogP contribution is 2.36. The lowest BCUT2D eigenvalue weighted by Crippen LogP contribution is -2.47. The number of hydrogen-bond donors (Lipinski definition) is 1. The molecule has 110 valence electrons. The lowest BCUT2D eigenvalue weighted by molar-refractivity contribution is -0.140. The van der Waals surface area contributed by atoms with Gasteiger partial charge in [-0.3, -0.25) is 4.79 Å². The summed E-state index contributed by atoms with van der Waals surface area (Å²) in [5, 5.41) is 0.